The monoisotopic (exact) mass is 246 g/mol. The number of hydroxylamine groups is 1. The van der Waals surface area contributed by atoms with Crippen molar-refractivity contribution < 1.29 is 14.8 Å². The molecule has 1 rings (SSSR count). The first-order chi connectivity index (χ1) is 7.44. The van der Waals surface area contributed by atoms with Gasteiger partial charge in [-0.15, -0.1) is 0 Å². The topological polar surface area (TPSA) is 69.6 Å². The standard InChI is InChI=1S/C10H18N2O3S/c1-4-7(13)12-5-6-16-10(2,3)8(12)9(14)11-15/h8,15H,4-6H2,1-3H3,(H,11,14). The minimum absolute atomic E-state index is 0.0537. The second-order valence-corrected chi connectivity index (χ2v) is 6.02. The lowest BCUT2D eigenvalue weighted by molar-refractivity contribution is -0.145. The summed E-state index contributed by atoms with van der Waals surface area (Å²) in [5.41, 5.74) is 1.65. The van der Waals surface area contributed by atoms with Crippen LogP contribution in [0.25, 0.3) is 0 Å². The Morgan fingerprint density at radius 3 is 2.69 bits per heavy atom. The SMILES string of the molecule is CCC(=O)N1CCSC(C)(C)C1C(=O)NO. The number of carbonyl (C=O) groups is 2. The van der Waals surface area contributed by atoms with Crippen molar-refractivity contribution in [3.05, 3.63) is 0 Å². The molecule has 92 valence electrons. The van der Waals surface area contributed by atoms with Crippen LogP contribution in [0.4, 0.5) is 0 Å². The molecule has 1 saturated heterocycles. The van der Waals surface area contributed by atoms with E-state index in [-0.39, 0.29) is 10.7 Å². The third-order valence-electron chi connectivity index (χ3n) is 2.76. The number of nitrogens with zero attached hydrogens (tertiary/aromatic N) is 1. The van der Waals surface area contributed by atoms with Crippen LogP contribution in [0.5, 0.6) is 0 Å². The predicted octanol–water partition coefficient (Wildman–Crippen LogP) is 0.624. The zero-order valence-electron chi connectivity index (χ0n) is 9.82. The first-order valence-corrected chi connectivity index (χ1v) is 6.30. The van der Waals surface area contributed by atoms with Gasteiger partial charge in [0.15, 0.2) is 0 Å². The Morgan fingerprint density at radius 2 is 2.19 bits per heavy atom. The van der Waals surface area contributed by atoms with E-state index in [0.717, 1.165) is 5.75 Å². The summed E-state index contributed by atoms with van der Waals surface area (Å²) < 4.78 is -0.379. The molecular weight excluding hydrogens is 228 g/mol. The molecule has 0 saturated carbocycles. The van der Waals surface area contributed by atoms with Crippen molar-refractivity contribution in [2.45, 2.75) is 38.0 Å². The molecular formula is C10H18N2O3S. The van der Waals surface area contributed by atoms with Gasteiger partial charge in [-0.25, -0.2) is 5.48 Å². The van der Waals surface area contributed by atoms with Gasteiger partial charge in [0, 0.05) is 23.5 Å². The van der Waals surface area contributed by atoms with Gasteiger partial charge in [0.25, 0.3) is 5.91 Å². The van der Waals surface area contributed by atoms with Crippen LogP contribution in [0.3, 0.4) is 0 Å². The van der Waals surface area contributed by atoms with Crippen LogP contribution in [0.15, 0.2) is 0 Å². The van der Waals surface area contributed by atoms with Gasteiger partial charge in [-0.3, -0.25) is 14.8 Å². The van der Waals surface area contributed by atoms with Gasteiger partial charge >= 0.3 is 0 Å². The highest BCUT2D eigenvalue weighted by atomic mass is 32.2. The van der Waals surface area contributed by atoms with Crippen LogP contribution in [-0.4, -0.2) is 45.0 Å². The van der Waals surface area contributed by atoms with Crippen molar-refractivity contribution in [2.24, 2.45) is 0 Å². The van der Waals surface area contributed by atoms with E-state index in [2.05, 4.69) is 0 Å². The molecule has 1 unspecified atom stereocenters. The average Bonchev–Trinajstić information content (AvgIpc) is 2.25. The Bertz CT molecular complexity index is 294. The summed E-state index contributed by atoms with van der Waals surface area (Å²) in [5.74, 6) is 0.245. The molecule has 16 heavy (non-hydrogen) atoms. The summed E-state index contributed by atoms with van der Waals surface area (Å²) in [6.45, 7) is 6.14. The second-order valence-electron chi connectivity index (χ2n) is 4.27. The van der Waals surface area contributed by atoms with Crippen LogP contribution in [0.2, 0.25) is 0 Å². The molecule has 2 amide bonds. The van der Waals surface area contributed by atoms with E-state index in [0.29, 0.717) is 13.0 Å². The van der Waals surface area contributed by atoms with Gasteiger partial charge in [0.2, 0.25) is 5.91 Å². The predicted molar refractivity (Wildman–Crippen MR) is 62.3 cm³/mol. The van der Waals surface area contributed by atoms with Crippen LogP contribution in [0.1, 0.15) is 27.2 Å². The molecule has 0 radical (unpaired) electrons. The lowest BCUT2D eigenvalue weighted by Crippen LogP contribution is -2.61. The molecule has 1 aliphatic rings. The van der Waals surface area contributed by atoms with Crippen LogP contribution < -0.4 is 5.48 Å². The van der Waals surface area contributed by atoms with E-state index in [1.54, 1.807) is 29.1 Å². The Hall–Kier alpha value is -0.750. The van der Waals surface area contributed by atoms with E-state index >= 15 is 0 Å². The number of rotatable bonds is 2. The highest BCUT2D eigenvalue weighted by molar-refractivity contribution is 8.00. The highest BCUT2D eigenvalue weighted by Gasteiger charge is 2.44. The molecule has 2 N–H and O–H groups in total. The number of hydrogen-bond donors (Lipinski definition) is 2. The molecule has 0 spiro atoms. The van der Waals surface area contributed by atoms with Gasteiger partial charge in [-0.05, 0) is 13.8 Å². The lowest BCUT2D eigenvalue weighted by atomic mass is 9.99. The Morgan fingerprint density at radius 1 is 1.56 bits per heavy atom. The Labute approximate surface area is 99.5 Å². The third kappa shape index (κ3) is 2.49. The maximum absolute atomic E-state index is 11.7. The molecule has 5 nitrogen and oxygen atoms in total. The number of carbonyl (C=O) groups excluding carboxylic acids is 2. The van der Waals surface area contributed by atoms with Gasteiger partial charge in [-0.2, -0.15) is 11.8 Å². The highest BCUT2D eigenvalue weighted by Crippen LogP contribution is 2.35. The van der Waals surface area contributed by atoms with E-state index < -0.39 is 11.9 Å². The molecule has 1 fully saturated rings. The largest absolute Gasteiger partial charge is 0.328 e. The molecule has 6 heteroatoms. The summed E-state index contributed by atoms with van der Waals surface area (Å²) >= 11 is 1.64. The van der Waals surface area contributed by atoms with E-state index in [4.69, 9.17) is 5.21 Å². The van der Waals surface area contributed by atoms with Gasteiger partial charge < -0.3 is 4.90 Å². The van der Waals surface area contributed by atoms with Crippen molar-refractivity contribution in [2.75, 3.05) is 12.3 Å². The van der Waals surface area contributed by atoms with Crippen LogP contribution in [0, 0.1) is 0 Å². The fourth-order valence-corrected chi connectivity index (χ4v) is 3.19. The van der Waals surface area contributed by atoms with Crippen LogP contribution >= 0.6 is 11.8 Å². The molecule has 0 aliphatic carbocycles. The van der Waals surface area contributed by atoms with E-state index in [1.807, 2.05) is 13.8 Å². The number of thioether (sulfide) groups is 1. The van der Waals surface area contributed by atoms with Gasteiger partial charge in [0.1, 0.15) is 6.04 Å². The lowest BCUT2D eigenvalue weighted by Gasteiger charge is -2.44. The fourth-order valence-electron chi connectivity index (χ4n) is 1.98. The zero-order valence-corrected chi connectivity index (χ0v) is 10.6. The average molecular weight is 246 g/mol. The van der Waals surface area contributed by atoms with E-state index in [1.165, 1.54) is 0 Å². The molecule has 1 heterocycles. The molecule has 0 aromatic rings. The number of hydrogen-bond acceptors (Lipinski definition) is 4. The van der Waals surface area contributed by atoms with Gasteiger partial charge in [0.05, 0.1) is 0 Å². The normalized spacial score (nSPS) is 24.0. The number of nitrogens with one attached hydrogen (secondary N) is 1. The van der Waals surface area contributed by atoms with Crippen molar-refractivity contribution in [1.29, 1.82) is 0 Å². The first kappa shape index (κ1) is 13.3. The van der Waals surface area contributed by atoms with E-state index in [9.17, 15) is 9.59 Å². The zero-order chi connectivity index (χ0) is 12.3. The summed E-state index contributed by atoms with van der Waals surface area (Å²) in [7, 11) is 0. The summed E-state index contributed by atoms with van der Waals surface area (Å²) in [6, 6.07) is -0.608. The molecule has 0 aromatic carbocycles. The summed E-state index contributed by atoms with van der Waals surface area (Å²) in [6.07, 6.45) is 0.371. The molecule has 1 aliphatic heterocycles. The molecule has 1 atom stereocenters. The minimum atomic E-state index is -0.608. The van der Waals surface area contributed by atoms with Gasteiger partial charge in [-0.1, -0.05) is 6.92 Å². The fraction of sp³-hybridized carbons (Fsp3) is 0.800. The summed E-state index contributed by atoms with van der Waals surface area (Å²) in [5, 5.41) is 8.74. The maximum Gasteiger partial charge on any atom is 0.267 e. The van der Waals surface area contributed by atoms with Crippen molar-refractivity contribution in [3.8, 4) is 0 Å². The first-order valence-electron chi connectivity index (χ1n) is 5.31. The Balaban J connectivity index is 2.97. The van der Waals surface area contributed by atoms with Crippen LogP contribution in [-0.2, 0) is 9.59 Å². The smallest absolute Gasteiger partial charge is 0.267 e. The second kappa shape index (κ2) is 5.05. The third-order valence-corrected chi connectivity index (χ3v) is 4.11. The van der Waals surface area contributed by atoms with Crippen molar-refractivity contribution >= 4 is 23.6 Å². The Kier molecular flexibility index (Phi) is 4.21. The molecule has 0 bridgehead atoms. The van der Waals surface area contributed by atoms with Crippen molar-refractivity contribution in [1.82, 2.24) is 10.4 Å². The minimum Gasteiger partial charge on any atom is -0.328 e. The number of amides is 2. The quantitative estimate of drug-likeness (QED) is 0.554. The summed E-state index contributed by atoms with van der Waals surface area (Å²) in [4.78, 5) is 24.9. The van der Waals surface area contributed by atoms with Crippen molar-refractivity contribution in [3.63, 3.8) is 0 Å². The molecule has 0 aromatic heterocycles. The maximum atomic E-state index is 11.7.